The first-order valence-electron chi connectivity index (χ1n) is 5.84. The molecule has 1 rings (SSSR count). The Balaban J connectivity index is 3.03. The molecule has 0 amide bonds. The summed E-state index contributed by atoms with van der Waals surface area (Å²) < 4.78 is 55.0. The molecule has 0 radical (unpaired) electrons. The number of ether oxygens (including phenoxy) is 1. The van der Waals surface area contributed by atoms with Gasteiger partial charge in [0.1, 0.15) is 5.75 Å². The molecule has 0 aromatic heterocycles. The third kappa shape index (κ3) is 4.14. The lowest BCUT2D eigenvalue weighted by Gasteiger charge is -2.21. The van der Waals surface area contributed by atoms with E-state index in [0.29, 0.717) is 12.2 Å². The Labute approximate surface area is 112 Å². The molecule has 0 unspecified atom stereocenters. The van der Waals surface area contributed by atoms with Crippen LogP contribution in [-0.2, 0) is 10.0 Å². The highest BCUT2D eigenvalue weighted by atomic mass is 32.2. The summed E-state index contributed by atoms with van der Waals surface area (Å²) in [4.78, 5) is -0.0117. The SMILES string of the molecule is CCCN(CC(F)F)S(=O)(=O)c1ccc(OC)cc1. The Hall–Kier alpha value is -1.21. The van der Waals surface area contributed by atoms with Crippen molar-refractivity contribution < 1.29 is 21.9 Å². The largest absolute Gasteiger partial charge is 0.497 e. The van der Waals surface area contributed by atoms with Gasteiger partial charge in [-0.05, 0) is 30.7 Å². The number of nitrogens with zero attached hydrogens (tertiary/aromatic N) is 1. The van der Waals surface area contributed by atoms with Gasteiger partial charge in [-0.15, -0.1) is 0 Å². The van der Waals surface area contributed by atoms with Gasteiger partial charge < -0.3 is 4.74 Å². The molecule has 0 bridgehead atoms. The fraction of sp³-hybridized carbons (Fsp3) is 0.500. The zero-order chi connectivity index (χ0) is 14.5. The maximum atomic E-state index is 12.4. The number of rotatable bonds is 7. The topological polar surface area (TPSA) is 46.6 Å². The lowest BCUT2D eigenvalue weighted by Crippen LogP contribution is -2.35. The van der Waals surface area contributed by atoms with E-state index in [9.17, 15) is 17.2 Å². The Bertz CT molecular complexity index is 488. The van der Waals surface area contributed by atoms with Gasteiger partial charge in [0, 0.05) is 6.54 Å². The summed E-state index contributed by atoms with van der Waals surface area (Å²) in [5, 5.41) is 0. The molecule has 0 saturated carbocycles. The minimum Gasteiger partial charge on any atom is -0.497 e. The van der Waals surface area contributed by atoms with Crippen molar-refractivity contribution in [3.63, 3.8) is 0 Å². The van der Waals surface area contributed by atoms with Crippen molar-refractivity contribution in [3.8, 4) is 5.75 Å². The molecule has 0 saturated heterocycles. The molecule has 4 nitrogen and oxygen atoms in total. The van der Waals surface area contributed by atoms with Crippen LogP contribution in [-0.4, -0.2) is 39.3 Å². The first-order chi connectivity index (χ1) is 8.91. The van der Waals surface area contributed by atoms with Crippen molar-refractivity contribution in [2.45, 2.75) is 24.7 Å². The second-order valence-electron chi connectivity index (χ2n) is 3.93. The number of methoxy groups -OCH3 is 1. The minimum atomic E-state index is -3.89. The minimum absolute atomic E-state index is 0.0117. The predicted octanol–water partition coefficient (Wildman–Crippen LogP) is 2.36. The molecule has 108 valence electrons. The van der Waals surface area contributed by atoms with Gasteiger partial charge in [-0.3, -0.25) is 0 Å². The van der Waals surface area contributed by atoms with Gasteiger partial charge in [-0.1, -0.05) is 6.92 Å². The highest BCUT2D eigenvalue weighted by Gasteiger charge is 2.26. The molecule has 0 N–H and O–H groups in total. The molecule has 7 heteroatoms. The van der Waals surface area contributed by atoms with Crippen LogP contribution in [0.25, 0.3) is 0 Å². The lowest BCUT2D eigenvalue weighted by atomic mass is 10.3. The summed E-state index contributed by atoms with van der Waals surface area (Å²) >= 11 is 0. The van der Waals surface area contributed by atoms with Crippen LogP contribution in [0.5, 0.6) is 5.75 Å². The molecule has 0 aliphatic rings. The fourth-order valence-corrected chi connectivity index (χ4v) is 3.12. The quantitative estimate of drug-likeness (QED) is 0.775. The van der Waals surface area contributed by atoms with Crippen molar-refractivity contribution in [2.75, 3.05) is 20.2 Å². The van der Waals surface area contributed by atoms with E-state index in [-0.39, 0.29) is 11.4 Å². The van der Waals surface area contributed by atoms with Crippen LogP contribution in [0.1, 0.15) is 13.3 Å². The summed E-state index contributed by atoms with van der Waals surface area (Å²) in [5.74, 6) is 0.509. The van der Waals surface area contributed by atoms with Crippen molar-refractivity contribution >= 4 is 10.0 Å². The van der Waals surface area contributed by atoms with Crippen LogP contribution >= 0.6 is 0 Å². The van der Waals surface area contributed by atoms with Crippen LogP contribution < -0.4 is 4.74 Å². The van der Waals surface area contributed by atoms with Gasteiger partial charge in [-0.25, -0.2) is 17.2 Å². The zero-order valence-electron chi connectivity index (χ0n) is 10.8. The van der Waals surface area contributed by atoms with E-state index in [1.54, 1.807) is 6.92 Å². The van der Waals surface area contributed by atoms with E-state index in [1.807, 2.05) is 0 Å². The summed E-state index contributed by atoms with van der Waals surface area (Å²) in [6.07, 6.45) is -2.22. The molecule has 0 heterocycles. The number of alkyl halides is 2. The molecular formula is C12H17F2NO3S. The average molecular weight is 293 g/mol. The van der Waals surface area contributed by atoms with Crippen LogP contribution in [0.3, 0.4) is 0 Å². The smallest absolute Gasteiger partial charge is 0.252 e. The third-order valence-electron chi connectivity index (χ3n) is 2.51. The van der Waals surface area contributed by atoms with Gasteiger partial charge in [0.15, 0.2) is 0 Å². The number of hydrogen-bond donors (Lipinski definition) is 0. The summed E-state index contributed by atoms with van der Waals surface area (Å²) in [5.41, 5.74) is 0. The highest BCUT2D eigenvalue weighted by molar-refractivity contribution is 7.89. The Morgan fingerprint density at radius 3 is 2.26 bits per heavy atom. The normalized spacial score (nSPS) is 12.1. The average Bonchev–Trinajstić information content (AvgIpc) is 2.38. The van der Waals surface area contributed by atoms with E-state index in [2.05, 4.69) is 0 Å². The van der Waals surface area contributed by atoms with Crippen molar-refractivity contribution in [1.29, 1.82) is 0 Å². The van der Waals surface area contributed by atoms with E-state index in [0.717, 1.165) is 4.31 Å². The maximum Gasteiger partial charge on any atom is 0.252 e. The first kappa shape index (κ1) is 15.8. The lowest BCUT2D eigenvalue weighted by molar-refractivity contribution is 0.119. The third-order valence-corrected chi connectivity index (χ3v) is 4.39. The predicted molar refractivity (Wildman–Crippen MR) is 68.0 cm³/mol. The van der Waals surface area contributed by atoms with E-state index in [4.69, 9.17) is 4.74 Å². The van der Waals surface area contributed by atoms with Gasteiger partial charge >= 0.3 is 0 Å². The molecule has 0 aliphatic carbocycles. The van der Waals surface area contributed by atoms with Crippen LogP contribution in [0, 0.1) is 0 Å². The number of benzene rings is 1. The van der Waals surface area contributed by atoms with Gasteiger partial charge in [0.2, 0.25) is 10.0 Å². The summed E-state index contributed by atoms with van der Waals surface area (Å²) in [6, 6.07) is 5.67. The number of halogens is 2. The molecular weight excluding hydrogens is 276 g/mol. The Morgan fingerprint density at radius 2 is 1.84 bits per heavy atom. The van der Waals surface area contributed by atoms with Gasteiger partial charge in [-0.2, -0.15) is 4.31 Å². The van der Waals surface area contributed by atoms with E-state index in [1.165, 1.54) is 31.4 Å². The van der Waals surface area contributed by atoms with Gasteiger partial charge in [0.05, 0.1) is 18.6 Å². The van der Waals surface area contributed by atoms with Crippen LogP contribution in [0.15, 0.2) is 29.2 Å². The van der Waals surface area contributed by atoms with Crippen molar-refractivity contribution in [3.05, 3.63) is 24.3 Å². The molecule has 0 spiro atoms. The van der Waals surface area contributed by atoms with E-state index < -0.39 is 23.0 Å². The first-order valence-corrected chi connectivity index (χ1v) is 7.28. The standard InChI is InChI=1S/C12H17F2NO3S/c1-3-8-15(9-12(13)14)19(16,17)11-6-4-10(18-2)5-7-11/h4-7,12H,3,8-9H2,1-2H3. The Kier molecular flexibility index (Phi) is 5.68. The Morgan fingerprint density at radius 1 is 1.26 bits per heavy atom. The number of hydrogen-bond acceptors (Lipinski definition) is 3. The van der Waals surface area contributed by atoms with Crippen molar-refractivity contribution in [2.24, 2.45) is 0 Å². The maximum absolute atomic E-state index is 12.4. The second kappa shape index (κ2) is 6.81. The fourth-order valence-electron chi connectivity index (χ4n) is 1.61. The molecule has 0 atom stereocenters. The molecule has 19 heavy (non-hydrogen) atoms. The molecule has 0 aliphatic heterocycles. The monoisotopic (exact) mass is 293 g/mol. The highest BCUT2D eigenvalue weighted by Crippen LogP contribution is 2.20. The van der Waals surface area contributed by atoms with Crippen molar-refractivity contribution in [1.82, 2.24) is 4.31 Å². The van der Waals surface area contributed by atoms with E-state index >= 15 is 0 Å². The summed E-state index contributed by atoms with van der Waals surface area (Å²) in [7, 11) is -2.42. The summed E-state index contributed by atoms with van der Waals surface area (Å²) in [6.45, 7) is 1.02. The molecule has 0 fully saturated rings. The second-order valence-corrected chi connectivity index (χ2v) is 5.87. The molecule has 1 aromatic carbocycles. The van der Waals surface area contributed by atoms with Crippen LogP contribution in [0.2, 0.25) is 0 Å². The zero-order valence-corrected chi connectivity index (χ0v) is 11.7. The molecule has 1 aromatic rings. The van der Waals surface area contributed by atoms with Gasteiger partial charge in [0.25, 0.3) is 6.43 Å². The van der Waals surface area contributed by atoms with Crippen LogP contribution in [0.4, 0.5) is 8.78 Å². The number of sulfonamides is 1.